The van der Waals surface area contributed by atoms with Crippen LogP contribution in [0.5, 0.6) is 0 Å². The van der Waals surface area contributed by atoms with Gasteiger partial charge in [0.2, 0.25) is 0 Å². The number of benzene rings is 1. The molecule has 0 radical (unpaired) electrons. The van der Waals surface area contributed by atoms with E-state index >= 15 is 0 Å². The molecular formula is C19H20N2O3S. The third-order valence-electron chi connectivity index (χ3n) is 4.24. The van der Waals surface area contributed by atoms with Gasteiger partial charge in [0.1, 0.15) is 0 Å². The Kier molecular flexibility index (Phi) is 5.38. The monoisotopic (exact) mass is 356 g/mol. The quantitative estimate of drug-likeness (QED) is 0.911. The van der Waals surface area contributed by atoms with Crippen LogP contribution in [0.3, 0.4) is 0 Å². The lowest BCUT2D eigenvalue weighted by Gasteiger charge is -2.34. The van der Waals surface area contributed by atoms with Gasteiger partial charge in [0.25, 0.3) is 5.91 Å². The summed E-state index contributed by atoms with van der Waals surface area (Å²) in [5.41, 5.74) is 3.54. The van der Waals surface area contributed by atoms with Crippen molar-refractivity contribution in [2.24, 2.45) is 0 Å². The summed E-state index contributed by atoms with van der Waals surface area (Å²) in [7, 11) is 0. The molecule has 1 N–H and O–H groups in total. The average molecular weight is 356 g/mol. The van der Waals surface area contributed by atoms with Gasteiger partial charge in [-0.1, -0.05) is 29.8 Å². The Labute approximate surface area is 151 Å². The Morgan fingerprint density at radius 1 is 1.28 bits per heavy atom. The predicted octanol–water partition coefficient (Wildman–Crippen LogP) is 3.09. The zero-order chi connectivity index (χ0) is 17.8. The number of amides is 1. The molecule has 5 nitrogen and oxygen atoms in total. The number of carbonyl (C=O) groups excluding carboxylic acids is 1. The van der Waals surface area contributed by atoms with Crippen molar-refractivity contribution in [2.45, 2.75) is 19.4 Å². The molecule has 1 amide bonds. The molecule has 0 saturated carbocycles. The SMILES string of the molecule is Cc1cccc(-c2cncc(C(=O)N3CCSCC3CC(=O)O)c2)c1. The largest absolute Gasteiger partial charge is 0.481 e. The third kappa shape index (κ3) is 4.20. The number of aryl methyl sites for hydroxylation is 1. The number of rotatable bonds is 4. The number of carbonyl (C=O) groups is 2. The van der Waals surface area contributed by atoms with Crippen molar-refractivity contribution in [2.75, 3.05) is 18.1 Å². The molecule has 0 bridgehead atoms. The molecule has 1 unspecified atom stereocenters. The maximum Gasteiger partial charge on any atom is 0.305 e. The maximum absolute atomic E-state index is 12.9. The molecule has 2 aromatic rings. The molecule has 0 spiro atoms. The molecule has 130 valence electrons. The fourth-order valence-electron chi connectivity index (χ4n) is 3.00. The average Bonchev–Trinajstić information content (AvgIpc) is 2.61. The molecule has 2 heterocycles. The number of pyridine rings is 1. The van der Waals surface area contributed by atoms with Gasteiger partial charge in [0, 0.05) is 36.0 Å². The van der Waals surface area contributed by atoms with E-state index in [0.29, 0.717) is 17.9 Å². The second-order valence-electron chi connectivity index (χ2n) is 6.16. The minimum Gasteiger partial charge on any atom is -0.481 e. The first-order chi connectivity index (χ1) is 12.0. The van der Waals surface area contributed by atoms with Crippen molar-refractivity contribution in [3.63, 3.8) is 0 Å². The number of nitrogens with zero attached hydrogens (tertiary/aromatic N) is 2. The number of aromatic nitrogens is 1. The Bertz CT molecular complexity index is 794. The van der Waals surface area contributed by atoms with Crippen LogP contribution in [0.25, 0.3) is 11.1 Å². The van der Waals surface area contributed by atoms with Crippen LogP contribution in [0.1, 0.15) is 22.3 Å². The van der Waals surface area contributed by atoms with Crippen LogP contribution in [0.15, 0.2) is 42.7 Å². The molecule has 1 aliphatic rings. The number of carboxylic acid groups (broad SMARTS) is 1. The highest BCUT2D eigenvalue weighted by Crippen LogP contribution is 2.24. The van der Waals surface area contributed by atoms with E-state index in [2.05, 4.69) is 11.1 Å². The van der Waals surface area contributed by atoms with E-state index < -0.39 is 5.97 Å². The van der Waals surface area contributed by atoms with Crippen molar-refractivity contribution < 1.29 is 14.7 Å². The van der Waals surface area contributed by atoms with Crippen LogP contribution in [-0.4, -0.2) is 51.0 Å². The normalized spacial score (nSPS) is 17.3. The summed E-state index contributed by atoms with van der Waals surface area (Å²) in [4.78, 5) is 29.9. The van der Waals surface area contributed by atoms with Crippen LogP contribution >= 0.6 is 11.8 Å². The summed E-state index contributed by atoms with van der Waals surface area (Å²) in [6.07, 6.45) is 3.28. The molecule has 1 aromatic carbocycles. The Morgan fingerprint density at radius 2 is 2.12 bits per heavy atom. The first kappa shape index (κ1) is 17.5. The highest BCUT2D eigenvalue weighted by atomic mass is 32.2. The van der Waals surface area contributed by atoms with Gasteiger partial charge in [-0.25, -0.2) is 0 Å². The molecule has 1 aliphatic heterocycles. The molecule has 0 aliphatic carbocycles. The molecule has 3 rings (SSSR count). The lowest BCUT2D eigenvalue weighted by molar-refractivity contribution is -0.138. The lowest BCUT2D eigenvalue weighted by Crippen LogP contribution is -2.47. The molecular weight excluding hydrogens is 336 g/mol. The molecule has 25 heavy (non-hydrogen) atoms. The van der Waals surface area contributed by atoms with Crippen molar-refractivity contribution in [3.05, 3.63) is 53.9 Å². The summed E-state index contributed by atoms with van der Waals surface area (Å²) < 4.78 is 0. The van der Waals surface area contributed by atoms with Gasteiger partial charge in [0.15, 0.2) is 0 Å². The lowest BCUT2D eigenvalue weighted by atomic mass is 10.0. The van der Waals surface area contributed by atoms with E-state index in [1.54, 1.807) is 29.1 Å². The molecule has 1 atom stereocenters. The van der Waals surface area contributed by atoms with E-state index in [1.165, 1.54) is 0 Å². The molecule has 1 aromatic heterocycles. The molecule has 1 fully saturated rings. The summed E-state index contributed by atoms with van der Waals surface area (Å²) in [5.74, 6) is 0.459. The standard InChI is InChI=1S/C19H20N2O3S/c1-13-3-2-4-14(7-13)15-8-16(11-20-10-15)19(24)21-5-6-25-12-17(21)9-18(22)23/h2-4,7-8,10-11,17H,5-6,9,12H2,1H3,(H,22,23). The van der Waals surface area contributed by atoms with Gasteiger partial charge in [0.05, 0.1) is 18.0 Å². The fraction of sp³-hybridized carbons (Fsp3) is 0.316. The molecule has 6 heteroatoms. The zero-order valence-corrected chi connectivity index (χ0v) is 14.8. The topological polar surface area (TPSA) is 70.5 Å². The van der Waals surface area contributed by atoms with E-state index in [9.17, 15) is 9.59 Å². The number of hydrogen-bond donors (Lipinski definition) is 1. The zero-order valence-electron chi connectivity index (χ0n) is 14.0. The van der Waals surface area contributed by atoms with Crippen molar-refractivity contribution >= 4 is 23.6 Å². The molecule has 1 saturated heterocycles. The van der Waals surface area contributed by atoms with Crippen LogP contribution in [0, 0.1) is 6.92 Å². The highest BCUT2D eigenvalue weighted by Gasteiger charge is 2.29. The van der Waals surface area contributed by atoms with Gasteiger partial charge >= 0.3 is 5.97 Å². The van der Waals surface area contributed by atoms with Gasteiger partial charge < -0.3 is 10.0 Å². The summed E-state index contributed by atoms with van der Waals surface area (Å²) in [6.45, 7) is 2.59. The number of aliphatic carboxylic acids is 1. The van der Waals surface area contributed by atoms with Crippen LogP contribution in [-0.2, 0) is 4.79 Å². The third-order valence-corrected chi connectivity index (χ3v) is 5.33. The maximum atomic E-state index is 12.9. The van der Waals surface area contributed by atoms with E-state index in [1.807, 2.05) is 31.2 Å². The first-order valence-corrected chi connectivity index (χ1v) is 9.32. The number of carboxylic acids is 1. The number of thioether (sulfide) groups is 1. The van der Waals surface area contributed by atoms with E-state index in [0.717, 1.165) is 22.4 Å². The van der Waals surface area contributed by atoms with Gasteiger partial charge in [-0.05, 0) is 18.6 Å². The summed E-state index contributed by atoms with van der Waals surface area (Å²) >= 11 is 1.69. The van der Waals surface area contributed by atoms with Crippen molar-refractivity contribution in [1.29, 1.82) is 0 Å². The van der Waals surface area contributed by atoms with Gasteiger partial charge in [-0.15, -0.1) is 0 Å². The Hall–Kier alpha value is -2.34. The minimum absolute atomic E-state index is 0.0241. The Balaban J connectivity index is 1.86. The minimum atomic E-state index is -0.878. The second kappa shape index (κ2) is 7.70. The van der Waals surface area contributed by atoms with Crippen LogP contribution in [0.2, 0.25) is 0 Å². The summed E-state index contributed by atoms with van der Waals surface area (Å²) in [5, 5.41) is 9.10. The van der Waals surface area contributed by atoms with E-state index in [-0.39, 0.29) is 18.4 Å². The second-order valence-corrected chi connectivity index (χ2v) is 7.31. The Morgan fingerprint density at radius 3 is 2.88 bits per heavy atom. The summed E-state index contributed by atoms with van der Waals surface area (Å²) in [6, 6.07) is 9.60. The number of hydrogen-bond acceptors (Lipinski definition) is 4. The first-order valence-electron chi connectivity index (χ1n) is 8.17. The smallest absolute Gasteiger partial charge is 0.305 e. The van der Waals surface area contributed by atoms with Crippen molar-refractivity contribution in [3.8, 4) is 11.1 Å². The van der Waals surface area contributed by atoms with Crippen molar-refractivity contribution in [1.82, 2.24) is 9.88 Å². The highest BCUT2D eigenvalue weighted by molar-refractivity contribution is 7.99. The van der Waals surface area contributed by atoms with Gasteiger partial charge in [-0.3, -0.25) is 14.6 Å². The fourth-order valence-corrected chi connectivity index (χ4v) is 4.06. The van der Waals surface area contributed by atoms with Gasteiger partial charge in [-0.2, -0.15) is 11.8 Å². The van der Waals surface area contributed by atoms with E-state index in [4.69, 9.17) is 5.11 Å². The van der Waals surface area contributed by atoms with Crippen LogP contribution in [0.4, 0.5) is 0 Å². The van der Waals surface area contributed by atoms with Crippen LogP contribution < -0.4 is 0 Å². The predicted molar refractivity (Wildman–Crippen MR) is 98.8 cm³/mol.